The Balaban J connectivity index is 1.52. The molecule has 2 fully saturated rings. The SMILES string of the molecule is C[C@H]([NH2+]C[C@@H]1C(=O)O[C@@H]2CC3=CCC[C@H](C)[C@@]3(C)[C@@H](O)[C@H]12)c1ccccc1. The minimum Gasteiger partial charge on any atom is -0.461 e. The number of carbonyl (C=O) groups is 1. The number of esters is 1. The number of nitrogens with two attached hydrogens (primary N) is 1. The summed E-state index contributed by atoms with van der Waals surface area (Å²) in [7, 11) is 0. The number of ether oxygens (including phenoxy) is 1. The number of aliphatic hydroxyl groups is 1. The molecule has 1 aromatic rings. The van der Waals surface area contributed by atoms with Gasteiger partial charge in [-0.25, -0.2) is 0 Å². The smallest absolute Gasteiger partial charge is 0.315 e. The van der Waals surface area contributed by atoms with Crippen molar-refractivity contribution in [2.45, 2.75) is 58.3 Å². The summed E-state index contributed by atoms with van der Waals surface area (Å²) in [6, 6.07) is 10.6. The molecular formula is C23H32NO3+. The van der Waals surface area contributed by atoms with Gasteiger partial charge in [-0.05, 0) is 25.7 Å². The van der Waals surface area contributed by atoms with Crippen LogP contribution in [-0.4, -0.2) is 29.8 Å². The van der Waals surface area contributed by atoms with Crippen molar-refractivity contribution in [3.05, 3.63) is 47.5 Å². The number of carbonyl (C=O) groups excluding carboxylic acids is 1. The van der Waals surface area contributed by atoms with Crippen molar-refractivity contribution in [2.24, 2.45) is 23.2 Å². The van der Waals surface area contributed by atoms with Crippen molar-refractivity contribution in [3.63, 3.8) is 0 Å². The lowest BCUT2D eigenvalue weighted by Crippen LogP contribution is -2.86. The van der Waals surface area contributed by atoms with Gasteiger partial charge in [0, 0.05) is 23.3 Å². The number of hydrogen-bond acceptors (Lipinski definition) is 3. The Hall–Kier alpha value is -1.65. The maximum absolute atomic E-state index is 12.7. The Bertz CT molecular complexity index is 730. The number of rotatable bonds is 4. The Morgan fingerprint density at radius 3 is 2.81 bits per heavy atom. The molecule has 2 aliphatic carbocycles. The lowest BCUT2D eigenvalue weighted by atomic mass is 9.55. The molecule has 4 rings (SSSR count). The normalized spacial score (nSPS) is 39.2. The van der Waals surface area contributed by atoms with Crippen molar-refractivity contribution < 1.29 is 20.0 Å². The number of allylic oxidation sites excluding steroid dienone is 1. The van der Waals surface area contributed by atoms with Crippen LogP contribution in [0.2, 0.25) is 0 Å². The molecule has 0 aromatic heterocycles. The molecule has 0 unspecified atom stereocenters. The number of hydrogen-bond donors (Lipinski definition) is 2. The zero-order valence-corrected chi connectivity index (χ0v) is 16.6. The van der Waals surface area contributed by atoms with E-state index in [1.807, 2.05) is 18.2 Å². The van der Waals surface area contributed by atoms with E-state index < -0.39 is 6.10 Å². The topological polar surface area (TPSA) is 63.1 Å². The first-order valence-corrected chi connectivity index (χ1v) is 10.4. The maximum Gasteiger partial charge on any atom is 0.315 e. The van der Waals surface area contributed by atoms with E-state index in [-0.39, 0.29) is 35.4 Å². The average molecular weight is 371 g/mol. The van der Waals surface area contributed by atoms with Gasteiger partial charge in [0.15, 0.2) is 0 Å². The molecule has 4 nitrogen and oxygen atoms in total. The van der Waals surface area contributed by atoms with Gasteiger partial charge in [0.05, 0.1) is 12.6 Å². The standard InChI is InChI=1S/C23H31NO3/c1-14-8-7-11-17-12-19-20(21(25)23(14,17)3)18(22(26)27-19)13-24-15(2)16-9-5-4-6-10-16/h4-6,9-11,14-15,18-21,24-25H,7-8,12-13H2,1-3H3/p+1/t14-,15-,18-,19+,20+,21-,23+/m0/s1. The van der Waals surface area contributed by atoms with Crippen LogP contribution in [0.1, 0.15) is 51.6 Å². The zero-order valence-electron chi connectivity index (χ0n) is 16.6. The number of fused-ring (bicyclic) bond motifs is 2. The van der Waals surface area contributed by atoms with E-state index in [2.05, 4.69) is 44.3 Å². The molecule has 1 heterocycles. The number of aliphatic hydroxyl groups excluding tert-OH is 1. The second-order valence-electron chi connectivity index (χ2n) is 8.97. The maximum atomic E-state index is 12.7. The Morgan fingerprint density at radius 1 is 1.33 bits per heavy atom. The van der Waals surface area contributed by atoms with Gasteiger partial charge in [-0.1, -0.05) is 55.8 Å². The van der Waals surface area contributed by atoms with E-state index in [1.54, 1.807) is 0 Å². The van der Waals surface area contributed by atoms with Crippen LogP contribution in [0.25, 0.3) is 0 Å². The predicted molar refractivity (Wildman–Crippen MR) is 104 cm³/mol. The Labute approximate surface area is 162 Å². The van der Waals surface area contributed by atoms with E-state index in [4.69, 9.17) is 4.74 Å². The fourth-order valence-electron chi connectivity index (χ4n) is 5.57. The van der Waals surface area contributed by atoms with Crippen LogP contribution in [0.5, 0.6) is 0 Å². The molecule has 1 aromatic carbocycles. The van der Waals surface area contributed by atoms with Crippen LogP contribution in [0, 0.1) is 23.2 Å². The highest BCUT2D eigenvalue weighted by Gasteiger charge is 2.60. The fraction of sp³-hybridized carbons (Fsp3) is 0.609. The second kappa shape index (κ2) is 7.06. The number of benzene rings is 1. The molecular weight excluding hydrogens is 338 g/mol. The van der Waals surface area contributed by atoms with E-state index in [0.717, 1.165) is 19.3 Å². The molecule has 146 valence electrons. The van der Waals surface area contributed by atoms with Crippen LogP contribution in [0.4, 0.5) is 0 Å². The van der Waals surface area contributed by atoms with Crippen molar-refractivity contribution in [3.8, 4) is 0 Å². The van der Waals surface area contributed by atoms with Gasteiger partial charge in [-0.3, -0.25) is 4.79 Å². The minimum absolute atomic E-state index is 0.0978. The molecule has 1 saturated carbocycles. The van der Waals surface area contributed by atoms with Gasteiger partial charge in [-0.2, -0.15) is 0 Å². The molecule has 0 bridgehead atoms. The van der Waals surface area contributed by atoms with Crippen LogP contribution in [0.15, 0.2) is 42.0 Å². The van der Waals surface area contributed by atoms with Crippen LogP contribution < -0.4 is 5.32 Å². The van der Waals surface area contributed by atoms with Gasteiger partial charge in [0.2, 0.25) is 0 Å². The molecule has 0 spiro atoms. The van der Waals surface area contributed by atoms with Gasteiger partial charge in [0.1, 0.15) is 18.1 Å². The molecule has 3 N–H and O–H groups in total. The molecule has 7 atom stereocenters. The summed E-state index contributed by atoms with van der Waals surface area (Å²) in [4.78, 5) is 12.7. The first kappa shape index (κ1) is 18.7. The summed E-state index contributed by atoms with van der Waals surface area (Å²) in [5.41, 5.74) is 2.32. The highest BCUT2D eigenvalue weighted by atomic mass is 16.6. The van der Waals surface area contributed by atoms with E-state index >= 15 is 0 Å². The van der Waals surface area contributed by atoms with E-state index in [1.165, 1.54) is 11.1 Å². The van der Waals surface area contributed by atoms with Crippen LogP contribution in [0.3, 0.4) is 0 Å². The van der Waals surface area contributed by atoms with Gasteiger partial charge in [-0.15, -0.1) is 0 Å². The lowest BCUT2D eigenvalue weighted by Gasteiger charge is -2.51. The third-order valence-electron chi connectivity index (χ3n) is 7.64. The molecule has 3 aliphatic rings. The molecule has 1 saturated heterocycles. The van der Waals surface area contributed by atoms with Crippen molar-refractivity contribution in [1.29, 1.82) is 0 Å². The highest BCUT2D eigenvalue weighted by Crippen LogP contribution is 2.55. The van der Waals surface area contributed by atoms with Crippen molar-refractivity contribution in [2.75, 3.05) is 6.54 Å². The average Bonchev–Trinajstić information content (AvgIpc) is 2.98. The largest absolute Gasteiger partial charge is 0.461 e. The lowest BCUT2D eigenvalue weighted by molar-refractivity contribution is -0.697. The summed E-state index contributed by atoms with van der Waals surface area (Å²) < 4.78 is 5.76. The second-order valence-corrected chi connectivity index (χ2v) is 8.97. The van der Waals surface area contributed by atoms with Crippen LogP contribution in [-0.2, 0) is 9.53 Å². The first-order chi connectivity index (χ1) is 12.9. The molecule has 0 amide bonds. The molecule has 1 aliphatic heterocycles. The molecule has 0 radical (unpaired) electrons. The summed E-state index contributed by atoms with van der Waals surface area (Å²) in [6.07, 6.45) is 4.56. The van der Waals surface area contributed by atoms with Gasteiger partial charge >= 0.3 is 5.97 Å². The predicted octanol–water partition coefficient (Wildman–Crippen LogP) is 2.60. The van der Waals surface area contributed by atoms with Crippen molar-refractivity contribution >= 4 is 5.97 Å². The molecule has 4 heteroatoms. The Morgan fingerprint density at radius 2 is 2.07 bits per heavy atom. The summed E-state index contributed by atoms with van der Waals surface area (Å²) in [6.45, 7) is 7.26. The highest BCUT2D eigenvalue weighted by molar-refractivity contribution is 5.76. The monoisotopic (exact) mass is 370 g/mol. The van der Waals surface area contributed by atoms with Gasteiger partial charge in [0.25, 0.3) is 0 Å². The summed E-state index contributed by atoms with van der Waals surface area (Å²) in [5, 5.41) is 13.6. The molecule has 27 heavy (non-hydrogen) atoms. The zero-order chi connectivity index (χ0) is 19.2. The minimum atomic E-state index is -0.519. The third kappa shape index (κ3) is 3.03. The van der Waals surface area contributed by atoms with E-state index in [0.29, 0.717) is 12.5 Å². The van der Waals surface area contributed by atoms with Crippen molar-refractivity contribution in [1.82, 2.24) is 0 Å². The fourth-order valence-corrected chi connectivity index (χ4v) is 5.57. The summed E-state index contributed by atoms with van der Waals surface area (Å²) in [5.74, 6) is -0.0313. The number of quaternary nitrogens is 1. The Kier molecular flexibility index (Phi) is 4.89. The van der Waals surface area contributed by atoms with Gasteiger partial charge < -0.3 is 15.2 Å². The van der Waals surface area contributed by atoms with E-state index in [9.17, 15) is 9.90 Å². The first-order valence-electron chi connectivity index (χ1n) is 10.4. The third-order valence-corrected chi connectivity index (χ3v) is 7.64. The van der Waals surface area contributed by atoms with Crippen LogP contribution >= 0.6 is 0 Å². The summed E-state index contributed by atoms with van der Waals surface area (Å²) >= 11 is 0. The quantitative estimate of drug-likeness (QED) is 0.633.